The molecule has 0 unspecified atom stereocenters. The average molecular weight is 370 g/mol. The second-order valence-electron chi connectivity index (χ2n) is 5.73. The lowest BCUT2D eigenvalue weighted by Gasteiger charge is -2.20. The molecule has 3 rings (SSSR count). The minimum absolute atomic E-state index is 0.0954. The number of halogens is 2. The lowest BCUT2D eigenvalue weighted by molar-refractivity contribution is -0.120. The van der Waals surface area contributed by atoms with Crippen LogP contribution in [0.3, 0.4) is 0 Å². The maximum Gasteiger partial charge on any atom is 0.225 e. The maximum atomic E-state index is 12.6. The van der Waals surface area contributed by atoms with Gasteiger partial charge in [-0.3, -0.25) is 4.79 Å². The third-order valence-corrected chi connectivity index (χ3v) is 4.52. The molecule has 1 N–H and O–H groups in total. The van der Waals surface area contributed by atoms with E-state index >= 15 is 0 Å². The smallest absolute Gasteiger partial charge is 0.225 e. The van der Waals surface area contributed by atoms with Crippen molar-refractivity contribution in [3.05, 3.63) is 106 Å². The van der Waals surface area contributed by atoms with Crippen LogP contribution in [-0.4, -0.2) is 5.91 Å². The van der Waals surface area contributed by atoms with Gasteiger partial charge in [-0.25, -0.2) is 0 Å². The highest BCUT2D eigenvalue weighted by atomic mass is 35.5. The summed E-state index contributed by atoms with van der Waals surface area (Å²) in [4.78, 5) is 12.6. The Hall–Kier alpha value is -2.29. The Balaban J connectivity index is 1.82. The predicted octanol–water partition coefficient (Wildman–Crippen LogP) is 5.44. The standard InChI is InChI=1S/C21H17Cl2NO/c22-18-12-11-17(19(23)14-18)13-20(25)24-21(15-7-3-1-4-8-15)16-9-5-2-6-10-16/h1-12,14,21H,13H2,(H,24,25). The number of carbonyl (C=O) groups is 1. The Kier molecular flexibility index (Phi) is 5.75. The van der Waals surface area contributed by atoms with E-state index in [1.54, 1.807) is 18.2 Å². The van der Waals surface area contributed by atoms with Crippen LogP contribution in [-0.2, 0) is 11.2 Å². The van der Waals surface area contributed by atoms with E-state index in [-0.39, 0.29) is 18.4 Å². The van der Waals surface area contributed by atoms with E-state index in [2.05, 4.69) is 5.32 Å². The quantitative estimate of drug-likeness (QED) is 0.637. The normalized spacial score (nSPS) is 10.7. The van der Waals surface area contributed by atoms with E-state index in [1.807, 2.05) is 60.7 Å². The zero-order valence-electron chi connectivity index (χ0n) is 13.5. The second-order valence-corrected chi connectivity index (χ2v) is 6.58. The number of nitrogens with one attached hydrogen (secondary N) is 1. The van der Waals surface area contributed by atoms with Gasteiger partial charge in [-0.15, -0.1) is 0 Å². The van der Waals surface area contributed by atoms with Gasteiger partial charge in [0, 0.05) is 10.0 Å². The highest BCUT2D eigenvalue weighted by Gasteiger charge is 2.17. The van der Waals surface area contributed by atoms with Gasteiger partial charge in [-0.2, -0.15) is 0 Å². The molecule has 0 bridgehead atoms. The summed E-state index contributed by atoms with van der Waals surface area (Å²) in [5.41, 5.74) is 2.82. The zero-order chi connectivity index (χ0) is 17.6. The fraction of sp³-hybridized carbons (Fsp3) is 0.0952. The molecule has 2 nitrogen and oxygen atoms in total. The first-order chi connectivity index (χ1) is 12.1. The first-order valence-electron chi connectivity index (χ1n) is 7.96. The van der Waals surface area contributed by atoms with Crippen molar-refractivity contribution >= 4 is 29.1 Å². The second kappa shape index (κ2) is 8.19. The largest absolute Gasteiger partial charge is 0.345 e. The van der Waals surface area contributed by atoms with Gasteiger partial charge < -0.3 is 5.32 Å². The lowest BCUT2D eigenvalue weighted by Crippen LogP contribution is -2.30. The summed E-state index contributed by atoms with van der Waals surface area (Å²) in [6.45, 7) is 0. The number of hydrogen-bond donors (Lipinski definition) is 1. The first-order valence-corrected chi connectivity index (χ1v) is 8.72. The van der Waals surface area contributed by atoms with Crippen molar-refractivity contribution in [3.8, 4) is 0 Å². The molecule has 0 aliphatic rings. The summed E-state index contributed by atoms with van der Waals surface area (Å²) < 4.78 is 0. The Morgan fingerprint density at radius 3 is 1.92 bits per heavy atom. The molecule has 4 heteroatoms. The van der Waals surface area contributed by atoms with E-state index in [4.69, 9.17) is 23.2 Å². The van der Waals surface area contributed by atoms with Gasteiger partial charge in [0.25, 0.3) is 0 Å². The number of benzene rings is 3. The minimum atomic E-state index is -0.207. The van der Waals surface area contributed by atoms with Crippen LogP contribution in [0, 0.1) is 0 Å². The van der Waals surface area contributed by atoms with Gasteiger partial charge in [0.2, 0.25) is 5.91 Å². The molecule has 0 fully saturated rings. The number of hydrogen-bond acceptors (Lipinski definition) is 1. The number of carbonyl (C=O) groups excluding carboxylic acids is 1. The van der Waals surface area contributed by atoms with E-state index in [0.717, 1.165) is 16.7 Å². The molecule has 0 saturated heterocycles. The van der Waals surface area contributed by atoms with Crippen LogP contribution in [0.25, 0.3) is 0 Å². The molecule has 3 aromatic rings. The molecule has 0 radical (unpaired) electrons. The van der Waals surface area contributed by atoms with Gasteiger partial charge in [0.1, 0.15) is 0 Å². The molecule has 1 amide bonds. The van der Waals surface area contributed by atoms with Crippen molar-refractivity contribution in [1.82, 2.24) is 5.32 Å². The molecule has 25 heavy (non-hydrogen) atoms. The van der Waals surface area contributed by atoms with Crippen molar-refractivity contribution < 1.29 is 4.79 Å². The van der Waals surface area contributed by atoms with Crippen LogP contribution >= 0.6 is 23.2 Å². The van der Waals surface area contributed by atoms with Crippen LogP contribution in [0.2, 0.25) is 10.0 Å². The van der Waals surface area contributed by atoms with E-state index in [9.17, 15) is 4.79 Å². The summed E-state index contributed by atoms with van der Waals surface area (Å²) in [6, 6.07) is 24.8. The summed E-state index contributed by atoms with van der Waals surface area (Å²) in [6.07, 6.45) is 0.201. The summed E-state index contributed by atoms with van der Waals surface area (Å²) in [5.74, 6) is -0.0954. The van der Waals surface area contributed by atoms with Gasteiger partial charge >= 0.3 is 0 Å². The fourth-order valence-electron chi connectivity index (χ4n) is 2.70. The zero-order valence-corrected chi connectivity index (χ0v) is 15.0. The topological polar surface area (TPSA) is 29.1 Å². The van der Waals surface area contributed by atoms with Crippen molar-refractivity contribution in [1.29, 1.82) is 0 Å². The third kappa shape index (κ3) is 4.62. The SMILES string of the molecule is O=C(Cc1ccc(Cl)cc1Cl)NC(c1ccccc1)c1ccccc1. The predicted molar refractivity (Wildman–Crippen MR) is 103 cm³/mol. The molecule has 0 aliphatic carbocycles. The van der Waals surface area contributed by atoms with Crippen molar-refractivity contribution in [2.24, 2.45) is 0 Å². The van der Waals surface area contributed by atoms with Crippen molar-refractivity contribution in [3.63, 3.8) is 0 Å². The fourth-order valence-corrected chi connectivity index (χ4v) is 3.18. The molecule has 3 aromatic carbocycles. The van der Waals surface area contributed by atoms with Gasteiger partial charge in [-0.1, -0.05) is 89.9 Å². The van der Waals surface area contributed by atoms with Gasteiger partial charge in [0.05, 0.1) is 12.5 Å². The summed E-state index contributed by atoms with van der Waals surface area (Å²) >= 11 is 12.1. The van der Waals surface area contributed by atoms with E-state index in [0.29, 0.717) is 10.0 Å². The molecular weight excluding hydrogens is 353 g/mol. The molecule has 126 valence electrons. The van der Waals surface area contributed by atoms with Crippen LogP contribution in [0.1, 0.15) is 22.7 Å². The highest BCUT2D eigenvalue weighted by Crippen LogP contribution is 2.24. The Bertz CT molecular complexity index is 811. The lowest BCUT2D eigenvalue weighted by atomic mass is 9.98. The van der Waals surface area contributed by atoms with Crippen molar-refractivity contribution in [2.75, 3.05) is 0 Å². The molecule has 0 atom stereocenters. The van der Waals surface area contributed by atoms with Gasteiger partial charge in [-0.05, 0) is 28.8 Å². The Labute approximate surface area is 157 Å². The Morgan fingerprint density at radius 2 is 1.40 bits per heavy atom. The third-order valence-electron chi connectivity index (χ3n) is 3.94. The molecule has 0 aliphatic heterocycles. The maximum absolute atomic E-state index is 12.6. The van der Waals surface area contributed by atoms with Crippen LogP contribution in [0.4, 0.5) is 0 Å². The van der Waals surface area contributed by atoms with Crippen molar-refractivity contribution in [2.45, 2.75) is 12.5 Å². The summed E-state index contributed by atoms with van der Waals surface area (Å²) in [5, 5.41) is 4.16. The molecule has 0 aromatic heterocycles. The number of amides is 1. The molecular formula is C21H17Cl2NO. The van der Waals surface area contributed by atoms with Crippen LogP contribution < -0.4 is 5.32 Å². The monoisotopic (exact) mass is 369 g/mol. The van der Waals surface area contributed by atoms with E-state index < -0.39 is 0 Å². The molecule has 0 heterocycles. The highest BCUT2D eigenvalue weighted by molar-refractivity contribution is 6.35. The Morgan fingerprint density at radius 1 is 0.840 bits per heavy atom. The van der Waals surface area contributed by atoms with Crippen LogP contribution in [0.5, 0.6) is 0 Å². The van der Waals surface area contributed by atoms with E-state index in [1.165, 1.54) is 0 Å². The van der Waals surface area contributed by atoms with Crippen LogP contribution in [0.15, 0.2) is 78.9 Å². The minimum Gasteiger partial charge on any atom is -0.345 e. The number of rotatable bonds is 5. The molecule has 0 spiro atoms. The summed E-state index contributed by atoms with van der Waals surface area (Å²) in [7, 11) is 0. The first kappa shape index (κ1) is 17.5. The average Bonchev–Trinajstić information content (AvgIpc) is 2.63. The molecule has 0 saturated carbocycles. The van der Waals surface area contributed by atoms with Gasteiger partial charge in [0.15, 0.2) is 0 Å².